The fourth-order valence-electron chi connectivity index (χ4n) is 1.34. The molecule has 5 nitrogen and oxygen atoms in total. The van der Waals surface area contributed by atoms with Crippen LogP contribution in [0.5, 0.6) is 0 Å². The summed E-state index contributed by atoms with van der Waals surface area (Å²) in [4.78, 5) is 22.6. The molecule has 0 aromatic heterocycles. The lowest BCUT2D eigenvalue weighted by atomic mass is 10.1. The number of hydrogen-bond acceptors (Lipinski definition) is 3. The predicted octanol–water partition coefficient (Wildman–Crippen LogP) is 0.861. The van der Waals surface area contributed by atoms with Crippen LogP contribution in [0.4, 0.5) is 10.1 Å². The molecular formula is C12H16FN3O2. The number of rotatable bonds is 4. The third-order valence-corrected chi connectivity index (χ3v) is 2.26. The zero-order valence-corrected chi connectivity index (χ0v) is 10.3. The van der Waals surface area contributed by atoms with Crippen LogP contribution in [0.15, 0.2) is 18.2 Å². The monoisotopic (exact) mass is 253 g/mol. The lowest BCUT2D eigenvalue weighted by molar-refractivity contribution is -0.114. The second kappa shape index (κ2) is 6.11. The molecule has 0 aliphatic rings. The van der Waals surface area contributed by atoms with Gasteiger partial charge in [0.15, 0.2) is 0 Å². The molecule has 1 rings (SSSR count). The van der Waals surface area contributed by atoms with Crippen LogP contribution in [0.25, 0.3) is 0 Å². The molecule has 0 bridgehead atoms. The van der Waals surface area contributed by atoms with Gasteiger partial charge in [0.05, 0.1) is 5.56 Å². The van der Waals surface area contributed by atoms with E-state index in [0.717, 1.165) is 6.07 Å². The zero-order chi connectivity index (χ0) is 13.7. The summed E-state index contributed by atoms with van der Waals surface area (Å²) in [5, 5.41) is 5.03. The minimum atomic E-state index is -0.647. The van der Waals surface area contributed by atoms with Crippen LogP contribution in [0.1, 0.15) is 24.2 Å². The summed E-state index contributed by atoms with van der Waals surface area (Å²) in [7, 11) is 0. The number of carbonyl (C=O) groups is 2. The molecule has 0 fully saturated rings. The highest BCUT2D eigenvalue weighted by Crippen LogP contribution is 2.15. The van der Waals surface area contributed by atoms with Gasteiger partial charge in [0.25, 0.3) is 5.91 Å². The highest BCUT2D eigenvalue weighted by molar-refractivity contribution is 5.97. The van der Waals surface area contributed by atoms with E-state index in [0.29, 0.717) is 5.69 Å². The highest BCUT2D eigenvalue weighted by atomic mass is 19.1. The molecular weight excluding hydrogens is 237 g/mol. The van der Waals surface area contributed by atoms with Gasteiger partial charge in [-0.25, -0.2) is 4.39 Å². The maximum absolute atomic E-state index is 13.5. The first kappa shape index (κ1) is 14.1. The first-order chi connectivity index (χ1) is 8.43. The van der Waals surface area contributed by atoms with Gasteiger partial charge >= 0.3 is 0 Å². The summed E-state index contributed by atoms with van der Waals surface area (Å²) in [5.74, 6) is -1.49. The number of anilines is 1. The summed E-state index contributed by atoms with van der Waals surface area (Å²) >= 11 is 0. The molecule has 0 aliphatic carbocycles. The summed E-state index contributed by atoms with van der Waals surface area (Å²) in [6.45, 7) is 3.31. The van der Waals surface area contributed by atoms with E-state index in [2.05, 4.69) is 10.6 Å². The summed E-state index contributed by atoms with van der Waals surface area (Å²) in [6, 6.07) is 3.56. The molecule has 0 saturated carbocycles. The molecule has 2 amide bonds. The lowest BCUT2D eigenvalue weighted by Gasteiger charge is -2.12. The van der Waals surface area contributed by atoms with Gasteiger partial charge < -0.3 is 16.4 Å². The van der Waals surface area contributed by atoms with Crippen LogP contribution < -0.4 is 16.4 Å². The average Bonchev–Trinajstić information content (AvgIpc) is 2.30. The van der Waals surface area contributed by atoms with Gasteiger partial charge in [0, 0.05) is 25.2 Å². The Balaban J connectivity index is 2.92. The molecule has 1 aromatic rings. The van der Waals surface area contributed by atoms with E-state index < -0.39 is 11.7 Å². The Labute approximate surface area is 105 Å². The average molecular weight is 253 g/mol. The van der Waals surface area contributed by atoms with E-state index >= 15 is 0 Å². The van der Waals surface area contributed by atoms with Gasteiger partial charge in [-0.15, -0.1) is 0 Å². The first-order valence-corrected chi connectivity index (χ1v) is 5.52. The molecule has 0 aliphatic heterocycles. The van der Waals surface area contributed by atoms with Crippen LogP contribution in [0.2, 0.25) is 0 Å². The molecule has 18 heavy (non-hydrogen) atoms. The van der Waals surface area contributed by atoms with Crippen molar-refractivity contribution < 1.29 is 14.0 Å². The largest absolute Gasteiger partial charge is 0.348 e. The molecule has 0 unspecified atom stereocenters. The van der Waals surface area contributed by atoms with E-state index in [9.17, 15) is 14.0 Å². The Bertz CT molecular complexity index is 463. The van der Waals surface area contributed by atoms with Crippen molar-refractivity contribution in [1.82, 2.24) is 5.32 Å². The summed E-state index contributed by atoms with van der Waals surface area (Å²) < 4.78 is 13.5. The van der Waals surface area contributed by atoms with Crippen molar-refractivity contribution in [3.8, 4) is 0 Å². The molecule has 0 saturated heterocycles. The number of nitrogens with one attached hydrogen (secondary N) is 2. The number of nitrogens with two attached hydrogens (primary N) is 1. The molecule has 1 atom stereocenters. The molecule has 1 aromatic carbocycles. The Kier molecular flexibility index (Phi) is 4.79. The van der Waals surface area contributed by atoms with Crippen molar-refractivity contribution in [2.75, 3.05) is 11.9 Å². The zero-order valence-electron chi connectivity index (χ0n) is 10.3. The van der Waals surface area contributed by atoms with Crippen molar-refractivity contribution in [3.05, 3.63) is 29.6 Å². The van der Waals surface area contributed by atoms with Crippen molar-refractivity contribution in [2.45, 2.75) is 19.9 Å². The van der Waals surface area contributed by atoms with Gasteiger partial charge in [-0.2, -0.15) is 0 Å². The van der Waals surface area contributed by atoms with Crippen LogP contribution in [0.3, 0.4) is 0 Å². The van der Waals surface area contributed by atoms with Crippen molar-refractivity contribution in [3.63, 3.8) is 0 Å². The summed E-state index contributed by atoms with van der Waals surface area (Å²) in [5.41, 5.74) is 5.61. The first-order valence-electron chi connectivity index (χ1n) is 5.52. The van der Waals surface area contributed by atoms with E-state index in [1.807, 2.05) is 0 Å². The SMILES string of the molecule is CC(=O)Nc1ccc(F)c(C(=O)N[C@@H](C)CN)c1. The highest BCUT2D eigenvalue weighted by Gasteiger charge is 2.14. The Morgan fingerprint density at radius 1 is 1.44 bits per heavy atom. The lowest BCUT2D eigenvalue weighted by Crippen LogP contribution is -2.38. The van der Waals surface area contributed by atoms with Crippen LogP contribution >= 0.6 is 0 Å². The third-order valence-electron chi connectivity index (χ3n) is 2.26. The predicted molar refractivity (Wildman–Crippen MR) is 66.7 cm³/mol. The minimum absolute atomic E-state index is 0.124. The molecule has 4 N–H and O–H groups in total. The fourth-order valence-corrected chi connectivity index (χ4v) is 1.34. The van der Waals surface area contributed by atoms with Gasteiger partial charge in [0.1, 0.15) is 5.82 Å². The third kappa shape index (κ3) is 3.81. The Hall–Kier alpha value is -1.95. The molecule has 0 heterocycles. The number of amides is 2. The topological polar surface area (TPSA) is 84.2 Å². The number of benzene rings is 1. The van der Waals surface area contributed by atoms with Crippen LogP contribution in [0, 0.1) is 5.82 Å². The second-order valence-electron chi connectivity index (χ2n) is 3.99. The summed E-state index contributed by atoms with van der Waals surface area (Å²) in [6.07, 6.45) is 0. The van der Waals surface area contributed by atoms with Crippen molar-refractivity contribution >= 4 is 17.5 Å². The fraction of sp³-hybridized carbons (Fsp3) is 0.333. The number of carbonyl (C=O) groups excluding carboxylic acids is 2. The van der Waals surface area contributed by atoms with E-state index in [4.69, 9.17) is 5.73 Å². The Morgan fingerprint density at radius 3 is 2.67 bits per heavy atom. The van der Waals surface area contributed by atoms with Gasteiger partial charge in [-0.1, -0.05) is 0 Å². The smallest absolute Gasteiger partial charge is 0.254 e. The van der Waals surface area contributed by atoms with Gasteiger partial charge in [0.2, 0.25) is 5.91 Å². The molecule has 6 heteroatoms. The standard InChI is InChI=1S/C12H16FN3O2/c1-7(6-14)15-12(18)10-5-9(16-8(2)17)3-4-11(10)13/h3-5,7H,6,14H2,1-2H3,(H,15,18)(H,16,17)/t7-/m0/s1. The van der Waals surface area contributed by atoms with E-state index in [-0.39, 0.29) is 24.1 Å². The Morgan fingerprint density at radius 2 is 2.11 bits per heavy atom. The quantitative estimate of drug-likeness (QED) is 0.744. The van der Waals surface area contributed by atoms with Crippen LogP contribution in [-0.2, 0) is 4.79 Å². The second-order valence-corrected chi connectivity index (χ2v) is 3.99. The number of hydrogen-bond donors (Lipinski definition) is 3. The van der Waals surface area contributed by atoms with E-state index in [1.165, 1.54) is 19.1 Å². The maximum atomic E-state index is 13.5. The van der Waals surface area contributed by atoms with Crippen LogP contribution in [-0.4, -0.2) is 24.4 Å². The van der Waals surface area contributed by atoms with Crippen molar-refractivity contribution in [1.29, 1.82) is 0 Å². The molecule has 0 radical (unpaired) electrons. The van der Waals surface area contributed by atoms with Gasteiger partial charge in [-0.05, 0) is 25.1 Å². The van der Waals surface area contributed by atoms with E-state index in [1.54, 1.807) is 6.92 Å². The maximum Gasteiger partial charge on any atom is 0.254 e. The normalized spacial score (nSPS) is 11.8. The number of halogens is 1. The minimum Gasteiger partial charge on any atom is -0.348 e. The van der Waals surface area contributed by atoms with Crippen molar-refractivity contribution in [2.24, 2.45) is 5.73 Å². The molecule has 0 spiro atoms. The molecule has 98 valence electrons. The van der Waals surface area contributed by atoms with Gasteiger partial charge in [-0.3, -0.25) is 9.59 Å².